The van der Waals surface area contributed by atoms with E-state index in [1.807, 2.05) is 12.1 Å². The molecule has 114 valence electrons. The molecule has 1 heterocycles. The molecule has 1 aliphatic heterocycles. The maximum atomic E-state index is 12.4. The number of halogens is 2. The van der Waals surface area contributed by atoms with E-state index < -0.39 is 0 Å². The van der Waals surface area contributed by atoms with E-state index in [9.17, 15) is 4.79 Å². The molecular formula is C16H20BrClN2O. The fourth-order valence-corrected chi connectivity index (χ4v) is 4.23. The number of amides is 1. The molecule has 0 radical (unpaired) electrons. The second kappa shape index (κ2) is 6.67. The number of nitrogens with one attached hydrogen (secondary N) is 2. The molecule has 1 saturated carbocycles. The lowest BCUT2D eigenvalue weighted by molar-refractivity contribution is -0.119. The molecule has 1 amide bonds. The lowest BCUT2D eigenvalue weighted by Crippen LogP contribution is -2.53. The smallest absolute Gasteiger partial charge is 0.241 e. The Bertz CT molecular complexity index is 537. The number of fused-ring (bicyclic) bond motifs is 1. The maximum Gasteiger partial charge on any atom is 0.241 e. The van der Waals surface area contributed by atoms with E-state index in [0.29, 0.717) is 16.8 Å². The van der Waals surface area contributed by atoms with Gasteiger partial charge in [-0.25, -0.2) is 0 Å². The molecule has 3 nitrogen and oxygen atoms in total. The van der Waals surface area contributed by atoms with Crippen molar-refractivity contribution in [3.63, 3.8) is 0 Å². The standard InChI is InChI=1S/C16H20BrClN2O/c17-11-6-8-14(12(18)9-11)20-16(21)15-7-5-10-3-1-2-4-13(10)19-15/h6,8-10,13,15,19H,1-5,7H2,(H,20,21). The summed E-state index contributed by atoms with van der Waals surface area (Å²) < 4.78 is 0.909. The van der Waals surface area contributed by atoms with E-state index in [1.54, 1.807) is 6.07 Å². The van der Waals surface area contributed by atoms with Crippen molar-refractivity contribution < 1.29 is 4.79 Å². The molecule has 1 aromatic rings. The van der Waals surface area contributed by atoms with E-state index in [4.69, 9.17) is 11.6 Å². The Balaban J connectivity index is 1.63. The highest BCUT2D eigenvalue weighted by Crippen LogP contribution is 2.33. The number of piperidine rings is 1. The SMILES string of the molecule is O=C(Nc1ccc(Br)cc1Cl)C1CCC2CCCCC2N1. The van der Waals surface area contributed by atoms with Gasteiger partial charge < -0.3 is 10.6 Å². The third kappa shape index (κ3) is 3.61. The van der Waals surface area contributed by atoms with Crippen LogP contribution in [0.3, 0.4) is 0 Å². The minimum Gasteiger partial charge on any atom is -0.323 e. The predicted octanol–water partition coefficient (Wildman–Crippen LogP) is 4.35. The molecule has 3 unspecified atom stereocenters. The van der Waals surface area contributed by atoms with Gasteiger partial charge in [0.25, 0.3) is 0 Å². The van der Waals surface area contributed by atoms with Crippen LogP contribution in [-0.4, -0.2) is 18.0 Å². The van der Waals surface area contributed by atoms with Gasteiger partial charge >= 0.3 is 0 Å². The van der Waals surface area contributed by atoms with E-state index in [1.165, 1.54) is 25.7 Å². The summed E-state index contributed by atoms with van der Waals surface area (Å²) in [7, 11) is 0. The fraction of sp³-hybridized carbons (Fsp3) is 0.562. The van der Waals surface area contributed by atoms with Gasteiger partial charge in [0.2, 0.25) is 5.91 Å². The van der Waals surface area contributed by atoms with Crippen molar-refractivity contribution in [2.24, 2.45) is 5.92 Å². The van der Waals surface area contributed by atoms with Crippen molar-refractivity contribution >= 4 is 39.1 Å². The van der Waals surface area contributed by atoms with Gasteiger partial charge in [-0.15, -0.1) is 0 Å². The van der Waals surface area contributed by atoms with Gasteiger partial charge in [-0.05, 0) is 49.8 Å². The van der Waals surface area contributed by atoms with Crippen LogP contribution in [0.15, 0.2) is 22.7 Å². The number of hydrogen-bond acceptors (Lipinski definition) is 2. The van der Waals surface area contributed by atoms with Gasteiger partial charge in [-0.3, -0.25) is 4.79 Å². The number of hydrogen-bond donors (Lipinski definition) is 2. The molecule has 0 aromatic heterocycles. The van der Waals surface area contributed by atoms with Crippen LogP contribution in [-0.2, 0) is 4.79 Å². The highest BCUT2D eigenvalue weighted by atomic mass is 79.9. The van der Waals surface area contributed by atoms with Crippen LogP contribution in [0.1, 0.15) is 38.5 Å². The van der Waals surface area contributed by atoms with Gasteiger partial charge in [0.15, 0.2) is 0 Å². The zero-order valence-electron chi connectivity index (χ0n) is 11.9. The van der Waals surface area contributed by atoms with Gasteiger partial charge in [-0.1, -0.05) is 40.4 Å². The van der Waals surface area contributed by atoms with Crippen molar-refractivity contribution in [1.29, 1.82) is 0 Å². The number of carbonyl (C=O) groups is 1. The minimum atomic E-state index is -0.0935. The Morgan fingerprint density at radius 3 is 2.86 bits per heavy atom. The first-order valence-corrected chi connectivity index (χ1v) is 8.82. The zero-order valence-corrected chi connectivity index (χ0v) is 14.2. The first kappa shape index (κ1) is 15.3. The van der Waals surface area contributed by atoms with Crippen LogP contribution >= 0.6 is 27.5 Å². The Kier molecular flexibility index (Phi) is 4.87. The van der Waals surface area contributed by atoms with Crippen molar-refractivity contribution in [3.05, 3.63) is 27.7 Å². The van der Waals surface area contributed by atoms with E-state index in [2.05, 4.69) is 26.6 Å². The molecule has 2 aliphatic rings. The predicted molar refractivity (Wildman–Crippen MR) is 89.7 cm³/mol. The Morgan fingerprint density at radius 1 is 1.24 bits per heavy atom. The average molecular weight is 372 g/mol. The van der Waals surface area contributed by atoms with Crippen molar-refractivity contribution in [2.75, 3.05) is 5.32 Å². The van der Waals surface area contributed by atoms with Crippen molar-refractivity contribution in [3.8, 4) is 0 Å². The van der Waals surface area contributed by atoms with Crippen LogP contribution in [0.4, 0.5) is 5.69 Å². The first-order valence-electron chi connectivity index (χ1n) is 7.65. The Hall–Kier alpha value is -0.580. The highest BCUT2D eigenvalue weighted by Gasteiger charge is 2.34. The fourth-order valence-electron chi connectivity index (χ4n) is 3.51. The lowest BCUT2D eigenvalue weighted by atomic mass is 9.77. The summed E-state index contributed by atoms with van der Waals surface area (Å²) in [5, 5.41) is 7.05. The molecule has 3 rings (SSSR count). The molecule has 1 aromatic carbocycles. The summed E-state index contributed by atoms with van der Waals surface area (Å²) in [6, 6.07) is 5.93. The average Bonchev–Trinajstić information content (AvgIpc) is 2.49. The summed E-state index contributed by atoms with van der Waals surface area (Å²) in [5.74, 6) is 0.794. The number of carbonyl (C=O) groups excluding carboxylic acids is 1. The third-order valence-corrected chi connectivity index (χ3v) is 5.46. The molecule has 1 saturated heterocycles. The quantitative estimate of drug-likeness (QED) is 0.811. The van der Waals surface area contributed by atoms with Gasteiger partial charge in [0, 0.05) is 10.5 Å². The normalized spacial score (nSPS) is 28.8. The molecule has 0 spiro atoms. The summed E-state index contributed by atoms with van der Waals surface area (Å²) >= 11 is 9.53. The molecule has 5 heteroatoms. The second-order valence-electron chi connectivity index (χ2n) is 6.06. The molecule has 0 bridgehead atoms. The van der Waals surface area contributed by atoms with Gasteiger partial charge in [0.05, 0.1) is 16.8 Å². The van der Waals surface area contributed by atoms with Crippen LogP contribution in [0, 0.1) is 5.92 Å². The van der Waals surface area contributed by atoms with Crippen LogP contribution in [0.25, 0.3) is 0 Å². The summed E-state index contributed by atoms with van der Waals surface area (Å²) in [6.45, 7) is 0. The van der Waals surface area contributed by atoms with Crippen molar-refractivity contribution in [1.82, 2.24) is 5.32 Å². The molecule has 1 aliphatic carbocycles. The van der Waals surface area contributed by atoms with Gasteiger partial charge in [0.1, 0.15) is 0 Å². The topological polar surface area (TPSA) is 41.1 Å². The van der Waals surface area contributed by atoms with Crippen molar-refractivity contribution in [2.45, 2.75) is 50.6 Å². The van der Waals surface area contributed by atoms with E-state index in [-0.39, 0.29) is 11.9 Å². The largest absolute Gasteiger partial charge is 0.323 e. The zero-order chi connectivity index (χ0) is 14.8. The Morgan fingerprint density at radius 2 is 2.05 bits per heavy atom. The number of rotatable bonds is 2. The third-order valence-electron chi connectivity index (χ3n) is 4.66. The number of benzene rings is 1. The highest BCUT2D eigenvalue weighted by molar-refractivity contribution is 9.10. The summed E-state index contributed by atoms with van der Waals surface area (Å²) in [4.78, 5) is 12.4. The van der Waals surface area contributed by atoms with Crippen LogP contribution < -0.4 is 10.6 Å². The molecule has 2 N–H and O–H groups in total. The van der Waals surface area contributed by atoms with E-state index >= 15 is 0 Å². The Labute approximate surface area is 139 Å². The van der Waals surface area contributed by atoms with Gasteiger partial charge in [-0.2, -0.15) is 0 Å². The summed E-state index contributed by atoms with van der Waals surface area (Å²) in [6.07, 6.45) is 7.21. The molecule has 2 fully saturated rings. The first-order chi connectivity index (χ1) is 10.1. The van der Waals surface area contributed by atoms with Crippen LogP contribution in [0.5, 0.6) is 0 Å². The van der Waals surface area contributed by atoms with Crippen LogP contribution in [0.2, 0.25) is 5.02 Å². The second-order valence-corrected chi connectivity index (χ2v) is 7.38. The number of anilines is 1. The molecular weight excluding hydrogens is 352 g/mol. The minimum absolute atomic E-state index is 0.0308. The van der Waals surface area contributed by atoms with E-state index in [0.717, 1.165) is 23.2 Å². The lowest BCUT2D eigenvalue weighted by Gasteiger charge is -2.39. The molecule has 21 heavy (non-hydrogen) atoms. The summed E-state index contributed by atoms with van der Waals surface area (Å²) in [5.41, 5.74) is 0.678. The monoisotopic (exact) mass is 370 g/mol. The maximum absolute atomic E-state index is 12.4. The molecule has 3 atom stereocenters.